The fourth-order valence-electron chi connectivity index (χ4n) is 5.17. The third kappa shape index (κ3) is 5.55. The minimum atomic E-state index is -2.05. The molecule has 219 valence electrons. The number of nitrogens with zero attached hydrogens (tertiary/aromatic N) is 6. The number of carbonyl (C=O) groups is 1. The highest BCUT2D eigenvalue weighted by atomic mass is 28.4. The lowest BCUT2D eigenvalue weighted by Gasteiger charge is -2.39. The number of nitriles is 1. The summed E-state index contributed by atoms with van der Waals surface area (Å²) in [5.74, 6) is 1.06. The third-order valence-electron chi connectivity index (χ3n) is 8.77. The fourth-order valence-corrected chi connectivity index (χ4v) is 6.28. The molecule has 0 saturated heterocycles. The van der Waals surface area contributed by atoms with Gasteiger partial charge in [0.25, 0.3) is 0 Å². The standard InChI is InChI=1S/C30H39BN7O3Si/c1-28(2,3)42(7,8)40-18-30(6)17-37(31-19-39)25-21(15-32)13-20(14-22(25)30)23-9-11-33-27(35-23)36-24-16-34-38-12-10-29(4,5)41-26(24)38/h9,11,13-14,16,19H,10,12,17-18H2,1-8H3,(H,33,35,36)/t30-/m1/s1. The number of aromatic nitrogens is 4. The number of rotatable bonds is 8. The molecule has 4 heterocycles. The predicted octanol–water partition coefficient (Wildman–Crippen LogP) is 5.43. The first-order valence-electron chi connectivity index (χ1n) is 14.3. The van der Waals surface area contributed by atoms with Gasteiger partial charge in [0, 0.05) is 49.0 Å². The summed E-state index contributed by atoms with van der Waals surface area (Å²) in [7, 11) is -0.549. The van der Waals surface area contributed by atoms with Crippen LogP contribution in [0.25, 0.3) is 11.3 Å². The average Bonchev–Trinajstić information content (AvgIpc) is 3.44. The number of anilines is 3. The number of hydrogen-bond acceptors (Lipinski definition) is 9. The summed E-state index contributed by atoms with van der Waals surface area (Å²) < 4.78 is 14.7. The number of fused-ring (bicyclic) bond motifs is 2. The lowest BCUT2D eigenvalue weighted by molar-refractivity contribution is 0.0544. The topological polar surface area (TPSA) is 118 Å². The highest BCUT2D eigenvalue weighted by Crippen LogP contribution is 2.46. The Morgan fingerprint density at radius 1 is 1.29 bits per heavy atom. The van der Waals surface area contributed by atoms with Gasteiger partial charge < -0.3 is 24.1 Å². The molecule has 1 radical (unpaired) electrons. The minimum absolute atomic E-state index is 0.0548. The first-order chi connectivity index (χ1) is 19.7. The number of carbonyl (C=O) groups excluding carboxylic acids is 1. The molecule has 5 rings (SSSR count). The van der Waals surface area contributed by atoms with Crippen LogP contribution in [0, 0.1) is 11.3 Å². The van der Waals surface area contributed by atoms with E-state index in [1.165, 1.54) is 7.41 Å². The average molecular weight is 585 g/mol. The molecule has 1 aromatic carbocycles. The second-order valence-corrected chi connectivity index (χ2v) is 18.5. The molecular formula is C30H39BN7O3Si. The molecule has 1 N–H and O–H groups in total. The number of hydrogen-bond donors (Lipinski definition) is 1. The maximum absolute atomic E-state index is 11.6. The van der Waals surface area contributed by atoms with Gasteiger partial charge in [-0.1, -0.05) is 27.7 Å². The molecule has 0 saturated carbocycles. The van der Waals surface area contributed by atoms with Crippen LogP contribution in [0.3, 0.4) is 0 Å². The molecule has 0 fully saturated rings. The zero-order valence-corrected chi connectivity index (χ0v) is 26.8. The second kappa shape index (κ2) is 10.5. The summed E-state index contributed by atoms with van der Waals surface area (Å²) in [5.41, 5.74) is 3.60. The lowest BCUT2D eigenvalue weighted by atomic mass is 9.83. The maximum atomic E-state index is 11.6. The minimum Gasteiger partial charge on any atom is -0.470 e. The van der Waals surface area contributed by atoms with Crippen molar-refractivity contribution in [3.05, 3.63) is 41.7 Å². The van der Waals surface area contributed by atoms with Gasteiger partial charge in [0.05, 0.1) is 17.5 Å². The van der Waals surface area contributed by atoms with E-state index >= 15 is 0 Å². The smallest absolute Gasteiger partial charge is 0.329 e. The molecule has 0 unspecified atom stereocenters. The largest absolute Gasteiger partial charge is 0.470 e. The van der Waals surface area contributed by atoms with E-state index in [9.17, 15) is 10.1 Å². The number of nitrogens with one attached hydrogen (secondary N) is 1. The zero-order valence-electron chi connectivity index (χ0n) is 25.8. The van der Waals surface area contributed by atoms with Gasteiger partial charge in [-0.05, 0) is 55.7 Å². The summed E-state index contributed by atoms with van der Waals surface area (Å²) in [6.45, 7) is 19.2. The Morgan fingerprint density at radius 3 is 2.74 bits per heavy atom. The Hall–Kier alpha value is -3.69. The normalized spacial score (nSPS) is 19.4. The fraction of sp³-hybridized carbons (Fsp3) is 0.500. The Kier molecular flexibility index (Phi) is 7.48. The molecule has 2 aliphatic rings. The third-order valence-corrected chi connectivity index (χ3v) is 13.3. The van der Waals surface area contributed by atoms with Crippen LogP contribution in [0.5, 0.6) is 5.88 Å². The van der Waals surface area contributed by atoms with Crippen molar-refractivity contribution >= 4 is 39.2 Å². The zero-order chi connectivity index (χ0) is 30.5. The first-order valence-corrected chi connectivity index (χ1v) is 17.2. The summed E-state index contributed by atoms with van der Waals surface area (Å²) in [4.78, 5) is 22.7. The molecule has 3 aromatic rings. The summed E-state index contributed by atoms with van der Waals surface area (Å²) in [6, 6.07) is 8.08. The van der Waals surface area contributed by atoms with Crippen LogP contribution in [-0.2, 0) is 21.2 Å². The van der Waals surface area contributed by atoms with Gasteiger partial charge in [0.2, 0.25) is 11.8 Å². The van der Waals surface area contributed by atoms with Gasteiger partial charge in [0.1, 0.15) is 23.5 Å². The molecule has 0 amide bonds. The number of benzene rings is 1. The van der Waals surface area contributed by atoms with E-state index in [2.05, 4.69) is 82.2 Å². The Bertz CT molecular complexity index is 1560. The molecule has 0 aliphatic carbocycles. The van der Waals surface area contributed by atoms with Crippen LogP contribution >= 0.6 is 0 Å². The van der Waals surface area contributed by atoms with E-state index in [1.54, 1.807) is 12.4 Å². The lowest BCUT2D eigenvalue weighted by Crippen LogP contribution is -2.46. The summed E-state index contributed by atoms with van der Waals surface area (Å²) >= 11 is 0. The van der Waals surface area contributed by atoms with Gasteiger partial charge in [0.15, 0.2) is 8.32 Å². The van der Waals surface area contributed by atoms with Gasteiger partial charge in [-0.25, -0.2) is 14.6 Å². The molecule has 42 heavy (non-hydrogen) atoms. The Labute approximate surface area is 249 Å². The van der Waals surface area contributed by atoms with Crippen molar-refractivity contribution in [2.75, 3.05) is 23.3 Å². The van der Waals surface area contributed by atoms with Crippen LogP contribution in [0.15, 0.2) is 30.6 Å². The van der Waals surface area contributed by atoms with E-state index in [0.717, 1.165) is 36.0 Å². The van der Waals surface area contributed by atoms with Crippen LogP contribution in [0.1, 0.15) is 59.1 Å². The summed E-state index contributed by atoms with van der Waals surface area (Å²) in [6.07, 6.45) is 5.05. The predicted molar refractivity (Wildman–Crippen MR) is 167 cm³/mol. The van der Waals surface area contributed by atoms with Gasteiger partial charge in [-0.3, -0.25) is 0 Å². The maximum Gasteiger partial charge on any atom is 0.329 e. The number of ether oxygens (including phenoxy) is 1. The van der Waals surface area contributed by atoms with E-state index < -0.39 is 13.7 Å². The van der Waals surface area contributed by atoms with E-state index in [0.29, 0.717) is 41.9 Å². The van der Waals surface area contributed by atoms with Crippen molar-refractivity contribution in [3.63, 3.8) is 0 Å². The quantitative estimate of drug-likeness (QED) is 0.273. The van der Waals surface area contributed by atoms with Crippen molar-refractivity contribution in [1.29, 1.82) is 5.26 Å². The molecule has 1 atom stereocenters. The van der Waals surface area contributed by atoms with Gasteiger partial charge >= 0.3 is 7.41 Å². The van der Waals surface area contributed by atoms with E-state index in [-0.39, 0.29) is 10.6 Å². The molecule has 2 aromatic heterocycles. The molecule has 0 spiro atoms. The van der Waals surface area contributed by atoms with Crippen LogP contribution < -0.4 is 14.9 Å². The van der Waals surface area contributed by atoms with Crippen LogP contribution in [-0.4, -0.2) is 60.4 Å². The van der Waals surface area contributed by atoms with Crippen molar-refractivity contribution in [2.45, 2.75) is 83.7 Å². The molecular weight excluding hydrogens is 545 g/mol. The number of aryl methyl sites for hydroxylation is 1. The van der Waals surface area contributed by atoms with E-state index in [1.807, 2.05) is 21.6 Å². The van der Waals surface area contributed by atoms with Crippen molar-refractivity contribution in [2.24, 2.45) is 0 Å². The van der Waals surface area contributed by atoms with Crippen LogP contribution in [0.4, 0.5) is 17.3 Å². The molecule has 10 nitrogen and oxygen atoms in total. The SMILES string of the molecule is CC1(C)CCn2ncc(Nc3nccc(-c4cc(C#N)c5c(c4)[C@@](C)(CO[Si](C)(C)C(C)(C)C)CN5[B]C=O)n3)c2O1. The Morgan fingerprint density at radius 2 is 2.05 bits per heavy atom. The van der Waals surface area contributed by atoms with Gasteiger partial charge in [-0.15, -0.1) is 0 Å². The molecule has 2 aliphatic heterocycles. The van der Waals surface area contributed by atoms with Crippen molar-refractivity contribution in [1.82, 2.24) is 19.7 Å². The highest BCUT2D eigenvalue weighted by molar-refractivity contribution is 6.74. The summed E-state index contributed by atoms with van der Waals surface area (Å²) in [5, 5.41) is 18.0. The monoisotopic (exact) mass is 584 g/mol. The molecule has 12 heteroatoms. The Balaban J connectivity index is 1.50. The molecule has 0 bridgehead atoms. The van der Waals surface area contributed by atoms with Crippen LogP contribution in [0.2, 0.25) is 18.1 Å². The highest BCUT2D eigenvalue weighted by Gasteiger charge is 2.44. The van der Waals surface area contributed by atoms with Crippen molar-refractivity contribution in [3.8, 4) is 23.2 Å². The van der Waals surface area contributed by atoms with E-state index in [4.69, 9.17) is 14.1 Å². The van der Waals surface area contributed by atoms with Gasteiger partial charge in [-0.2, -0.15) is 10.4 Å². The van der Waals surface area contributed by atoms with Crippen molar-refractivity contribution < 1.29 is 14.0 Å². The first kappa shape index (κ1) is 29.8. The second-order valence-electron chi connectivity index (χ2n) is 13.6.